The Bertz CT molecular complexity index is 120. The highest BCUT2D eigenvalue weighted by Crippen LogP contribution is 1.96. The highest BCUT2D eigenvalue weighted by Gasteiger charge is 1.74. The van der Waals surface area contributed by atoms with Crippen molar-refractivity contribution in [1.82, 2.24) is 0 Å². The first-order valence-corrected chi connectivity index (χ1v) is 2.96. The highest BCUT2D eigenvalue weighted by atomic mass is 32.1. The summed E-state index contributed by atoms with van der Waals surface area (Å²) in [7, 11) is 0. The molecule has 8 heavy (non-hydrogen) atoms. The summed E-state index contributed by atoms with van der Waals surface area (Å²) in [5.74, 6) is 0. The second-order valence-electron chi connectivity index (χ2n) is 1.31. The van der Waals surface area contributed by atoms with Crippen LogP contribution in [0.1, 0.15) is 6.92 Å². The van der Waals surface area contributed by atoms with Crippen LogP contribution in [-0.4, -0.2) is 0 Å². The molecule has 0 aromatic rings. The molecule has 1 heteroatoms. The first-order valence-electron chi connectivity index (χ1n) is 2.44. The van der Waals surface area contributed by atoms with Gasteiger partial charge in [0.05, 0.1) is 0 Å². The molecule has 0 aliphatic carbocycles. The van der Waals surface area contributed by atoms with Gasteiger partial charge in [-0.15, -0.1) is 0 Å². The Hall–Kier alpha value is -0.430. The molecule has 0 aromatic heterocycles. The molecular formula is C7H10S. The fourth-order valence-electron chi connectivity index (χ4n) is 0.368. The third kappa shape index (κ3) is 2.69. The van der Waals surface area contributed by atoms with E-state index < -0.39 is 0 Å². The van der Waals surface area contributed by atoms with Gasteiger partial charge in [-0.1, -0.05) is 18.7 Å². The molecule has 0 saturated carbocycles. The Kier molecular flexibility index (Phi) is 4.47. The monoisotopic (exact) mass is 126 g/mol. The van der Waals surface area contributed by atoms with Crippen molar-refractivity contribution in [3.05, 3.63) is 35.8 Å². The molecule has 0 aliphatic rings. The summed E-state index contributed by atoms with van der Waals surface area (Å²) >= 11 is 3.90. The standard InChI is InChI=1S/C7H10S/c1-3-7(4-2)5-6-8/h3-6,8H,1H2,2H3/b6-5-,7-4-. The number of hydrogen-bond donors (Lipinski definition) is 1. The molecule has 44 valence electrons. The van der Waals surface area contributed by atoms with E-state index in [0.717, 1.165) is 5.57 Å². The maximum atomic E-state index is 3.90. The molecule has 0 nitrogen and oxygen atoms in total. The van der Waals surface area contributed by atoms with Crippen LogP contribution in [0.25, 0.3) is 0 Å². The Morgan fingerprint density at radius 1 is 1.62 bits per heavy atom. The Labute approximate surface area is 56.0 Å². The molecular weight excluding hydrogens is 116 g/mol. The fraction of sp³-hybridized carbons (Fsp3) is 0.143. The van der Waals surface area contributed by atoms with Gasteiger partial charge in [0.15, 0.2) is 0 Å². The van der Waals surface area contributed by atoms with E-state index >= 15 is 0 Å². The summed E-state index contributed by atoms with van der Waals surface area (Å²) < 4.78 is 0. The van der Waals surface area contributed by atoms with Crippen LogP contribution in [0.2, 0.25) is 0 Å². The molecule has 0 spiro atoms. The molecule has 0 amide bonds. The second kappa shape index (κ2) is 4.72. The van der Waals surface area contributed by atoms with Gasteiger partial charge in [0, 0.05) is 0 Å². The summed E-state index contributed by atoms with van der Waals surface area (Å²) in [4.78, 5) is 0. The minimum Gasteiger partial charge on any atom is -0.151 e. The number of hydrogen-bond acceptors (Lipinski definition) is 1. The summed E-state index contributed by atoms with van der Waals surface area (Å²) in [6, 6.07) is 0. The fourth-order valence-corrected chi connectivity index (χ4v) is 0.540. The maximum Gasteiger partial charge on any atom is -0.0300 e. The van der Waals surface area contributed by atoms with Gasteiger partial charge < -0.3 is 0 Å². The summed E-state index contributed by atoms with van der Waals surface area (Å²) in [5, 5.41) is 1.69. The van der Waals surface area contributed by atoms with Crippen LogP contribution in [0.3, 0.4) is 0 Å². The van der Waals surface area contributed by atoms with Gasteiger partial charge in [0.25, 0.3) is 0 Å². The van der Waals surface area contributed by atoms with E-state index in [4.69, 9.17) is 0 Å². The maximum absolute atomic E-state index is 3.90. The topological polar surface area (TPSA) is 0 Å². The number of thiol groups is 1. The molecule has 0 aromatic carbocycles. The zero-order chi connectivity index (χ0) is 6.41. The zero-order valence-electron chi connectivity index (χ0n) is 4.96. The summed E-state index contributed by atoms with van der Waals surface area (Å²) in [6.07, 6.45) is 5.64. The van der Waals surface area contributed by atoms with Crippen LogP contribution in [0.15, 0.2) is 35.8 Å². The van der Waals surface area contributed by atoms with Crippen LogP contribution in [0.5, 0.6) is 0 Å². The van der Waals surface area contributed by atoms with Crippen LogP contribution in [-0.2, 0) is 0 Å². The normalized spacial score (nSPS) is 12.5. The largest absolute Gasteiger partial charge is 0.151 e. The zero-order valence-corrected chi connectivity index (χ0v) is 5.86. The summed E-state index contributed by atoms with van der Waals surface area (Å²) in [5.41, 5.74) is 1.10. The third-order valence-electron chi connectivity index (χ3n) is 0.836. The van der Waals surface area contributed by atoms with Crippen molar-refractivity contribution in [2.75, 3.05) is 0 Å². The van der Waals surface area contributed by atoms with Gasteiger partial charge >= 0.3 is 0 Å². The lowest BCUT2D eigenvalue weighted by molar-refractivity contribution is 1.62. The van der Waals surface area contributed by atoms with Gasteiger partial charge in [-0.3, -0.25) is 0 Å². The van der Waals surface area contributed by atoms with E-state index in [2.05, 4.69) is 19.2 Å². The van der Waals surface area contributed by atoms with Crippen molar-refractivity contribution in [3.8, 4) is 0 Å². The van der Waals surface area contributed by atoms with E-state index in [1.54, 1.807) is 11.5 Å². The van der Waals surface area contributed by atoms with E-state index in [-0.39, 0.29) is 0 Å². The van der Waals surface area contributed by atoms with Gasteiger partial charge in [-0.25, -0.2) is 0 Å². The highest BCUT2D eigenvalue weighted by molar-refractivity contribution is 7.83. The first kappa shape index (κ1) is 7.57. The minimum atomic E-state index is 1.10. The van der Waals surface area contributed by atoms with Crippen molar-refractivity contribution in [1.29, 1.82) is 0 Å². The lowest BCUT2D eigenvalue weighted by Gasteiger charge is -1.84. The first-order chi connectivity index (χ1) is 3.85. The molecule has 0 unspecified atom stereocenters. The van der Waals surface area contributed by atoms with Crippen LogP contribution < -0.4 is 0 Å². The van der Waals surface area contributed by atoms with Crippen LogP contribution in [0, 0.1) is 0 Å². The average molecular weight is 126 g/mol. The van der Waals surface area contributed by atoms with Gasteiger partial charge in [0.1, 0.15) is 0 Å². The Balaban J connectivity index is 3.91. The molecule has 0 atom stereocenters. The van der Waals surface area contributed by atoms with Crippen molar-refractivity contribution in [2.24, 2.45) is 0 Å². The van der Waals surface area contributed by atoms with E-state index in [1.807, 2.05) is 19.1 Å². The van der Waals surface area contributed by atoms with Gasteiger partial charge in [0.2, 0.25) is 0 Å². The lowest BCUT2D eigenvalue weighted by Crippen LogP contribution is -1.63. The molecule has 0 rings (SSSR count). The second-order valence-corrected chi connectivity index (χ2v) is 1.61. The molecule has 0 fully saturated rings. The SMILES string of the molecule is C=CC(/C=C\S)=C/C. The third-order valence-corrected chi connectivity index (χ3v) is 0.985. The smallest absolute Gasteiger partial charge is 0.0300 e. The molecule has 0 bridgehead atoms. The van der Waals surface area contributed by atoms with E-state index in [0.29, 0.717) is 0 Å². The Morgan fingerprint density at radius 3 is 2.38 bits per heavy atom. The van der Waals surface area contributed by atoms with Gasteiger partial charge in [-0.2, -0.15) is 12.6 Å². The van der Waals surface area contributed by atoms with Crippen molar-refractivity contribution in [2.45, 2.75) is 6.92 Å². The number of rotatable bonds is 2. The average Bonchev–Trinajstić information content (AvgIpc) is 1.83. The van der Waals surface area contributed by atoms with Crippen molar-refractivity contribution >= 4 is 12.6 Å². The molecule has 0 saturated heterocycles. The van der Waals surface area contributed by atoms with Crippen molar-refractivity contribution < 1.29 is 0 Å². The quantitative estimate of drug-likeness (QED) is 0.426. The predicted molar refractivity (Wildman–Crippen MR) is 42.1 cm³/mol. The summed E-state index contributed by atoms with van der Waals surface area (Å²) in [6.45, 7) is 5.56. The number of allylic oxidation sites excluding steroid dienone is 4. The van der Waals surface area contributed by atoms with Gasteiger partial charge in [-0.05, 0) is 24.0 Å². The Morgan fingerprint density at radius 2 is 2.25 bits per heavy atom. The van der Waals surface area contributed by atoms with Crippen LogP contribution >= 0.6 is 12.6 Å². The molecule has 0 N–H and O–H groups in total. The predicted octanol–water partition coefficient (Wildman–Crippen LogP) is 2.56. The lowest BCUT2D eigenvalue weighted by atomic mass is 10.2. The van der Waals surface area contributed by atoms with Crippen LogP contribution in [0.4, 0.5) is 0 Å². The molecule has 0 radical (unpaired) electrons. The molecule has 0 heterocycles. The van der Waals surface area contributed by atoms with E-state index in [1.165, 1.54) is 0 Å². The van der Waals surface area contributed by atoms with E-state index in [9.17, 15) is 0 Å². The minimum absolute atomic E-state index is 1.10. The van der Waals surface area contributed by atoms with Crippen molar-refractivity contribution in [3.63, 3.8) is 0 Å². The molecule has 0 aliphatic heterocycles.